The number of pyridine rings is 1. The van der Waals surface area contributed by atoms with Gasteiger partial charge in [0.1, 0.15) is 0 Å². The summed E-state index contributed by atoms with van der Waals surface area (Å²) in [4.78, 5) is 11.4. The summed E-state index contributed by atoms with van der Waals surface area (Å²) in [5, 5.41) is 10.5. The van der Waals surface area contributed by atoms with E-state index in [1.807, 2.05) is 30.8 Å². The summed E-state index contributed by atoms with van der Waals surface area (Å²) < 4.78 is 2.07. The quantitative estimate of drug-likeness (QED) is 0.345. The molecular weight excluding hydrogens is 308 g/mol. The fourth-order valence-corrected chi connectivity index (χ4v) is 2.11. The Morgan fingerprint density at radius 3 is 2.33 bits per heavy atom. The van der Waals surface area contributed by atoms with Crippen molar-refractivity contribution in [3.63, 3.8) is 0 Å². The smallest absolute Gasteiger partial charge is 0.269 e. The van der Waals surface area contributed by atoms with E-state index in [9.17, 15) is 10.1 Å². The van der Waals surface area contributed by atoms with Gasteiger partial charge in [0, 0.05) is 29.2 Å². The van der Waals surface area contributed by atoms with Crippen LogP contribution in [0.2, 0.25) is 0 Å². The molecule has 0 aliphatic heterocycles. The van der Waals surface area contributed by atoms with E-state index in [0.717, 1.165) is 12.1 Å². The third-order valence-electron chi connectivity index (χ3n) is 2.83. The molecule has 1 aromatic carbocycles. The van der Waals surface area contributed by atoms with Crippen molar-refractivity contribution in [2.45, 2.75) is 11.4 Å². The molecule has 2 rings (SSSR count). The van der Waals surface area contributed by atoms with E-state index in [2.05, 4.69) is 16.7 Å². The van der Waals surface area contributed by atoms with Crippen molar-refractivity contribution in [3.05, 3.63) is 70.5 Å². The first kappa shape index (κ1) is 17.2. The second-order valence-corrected chi connectivity index (χ2v) is 5.07. The molecule has 0 saturated carbocycles. The van der Waals surface area contributed by atoms with Gasteiger partial charge in [0.15, 0.2) is 18.9 Å². The second-order valence-electron chi connectivity index (χ2n) is 4.19. The van der Waals surface area contributed by atoms with Crippen LogP contribution in [0, 0.1) is 10.1 Å². The molecule has 4 nitrogen and oxygen atoms in total. The molecule has 0 aliphatic rings. The molecule has 0 spiro atoms. The molecule has 0 aliphatic carbocycles. The Morgan fingerprint density at radius 2 is 1.81 bits per heavy atom. The highest BCUT2D eigenvalue weighted by Crippen LogP contribution is 2.13. The number of halogens is 1. The van der Waals surface area contributed by atoms with Crippen molar-refractivity contribution in [1.29, 1.82) is 0 Å². The first-order valence-electron chi connectivity index (χ1n) is 6.13. The molecule has 2 aromatic rings. The number of nitro benzene ring substituents is 1. The monoisotopic (exact) mass is 322 g/mol. The van der Waals surface area contributed by atoms with Gasteiger partial charge in [-0.15, -0.1) is 11.8 Å². The number of allylic oxidation sites excluding steroid dienone is 1. The van der Waals surface area contributed by atoms with Crippen LogP contribution in [0.4, 0.5) is 5.69 Å². The lowest BCUT2D eigenvalue weighted by molar-refractivity contribution is -0.687. The SMILES string of the molecule is CSc1cc[n+](CC=Cc2ccc([N+](=O)[O-])cc2)cc1.[Cl-]. The van der Waals surface area contributed by atoms with Crippen molar-refractivity contribution >= 4 is 23.5 Å². The lowest BCUT2D eigenvalue weighted by Crippen LogP contribution is -3.00. The van der Waals surface area contributed by atoms with Crippen molar-refractivity contribution in [3.8, 4) is 0 Å². The summed E-state index contributed by atoms with van der Waals surface area (Å²) in [7, 11) is 0. The molecule has 110 valence electrons. The zero-order chi connectivity index (χ0) is 14.4. The number of nitro groups is 1. The molecule has 0 saturated heterocycles. The summed E-state index contributed by atoms with van der Waals surface area (Å²) in [6, 6.07) is 10.7. The molecular formula is C15H15ClN2O2S. The number of aromatic nitrogens is 1. The normalized spacial score (nSPS) is 10.3. The fourth-order valence-electron chi connectivity index (χ4n) is 1.72. The van der Waals surface area contributed by atoms with Gasteiger partial charge in [-0.2, -0.15) is 0 Å². The minimum atomic E-state index is -0.392. The molecule has 0 radical (unpaired) electrons. The molecule has 1 heterocycles. The Bertz CT molecular complexity index is 613. The van der Waals surface area contributed by atoms with Gasteiger partial charge in [-0.1, -0.05) is 6.08 Å². The van der Waals surface area contributed by atoms with Gasteiger partial charge >= 0.3 is 0 Å². The van der Waals surface area contributed by atoms with Crippen molar-refractivity contribution in [2.24, 2.45) is 0 Å². The van der Waals surface area contributed by atoms with Crippen LogP contribution < -0.4 is 17.0 Å². The standard InChI is InChI=1S/C15H15N2O2S.ClH/c1-20-15-8-11-16(12-9-15)10-2-3-13-4-6-14(7-5-13)17(18)19;/h2-9,11-12H,10H2,1H3;1H/q+1;/p-1. The predicted octanol–water partition coefficient (Wildman–Crippen LogP) is 0.322. The van der Waals surface area contributed by atoms with Crippen LogP contribution in [0.25, 0.3) is 6.08 Å². The number of thioether (sulfide) groups is 1. The molecule has 0 amide bonds. The van der Waals surface area contributed by atoms with E-state index >= 15 is 0 Å². The number of non-ortho nitro benzene ring substituents is 1. The first-order chi connectivity index (χ1) is 9.69. The summed E-state index contributed by atoms with van der Waals surface area (Å²) in [5.74, 6) is 0. The number of hydrogen-bond acceptors (Lipinski definition) is 3. The van der Waals surface area contributed by atoms with Crippen molar-refractivity contribution in [1.82, 2.24) is 0 Å². The van der Waals surface area contributed by atoms with Crippen molar-refractivity contribution < 1.29 is 21.9 Å². The molecule has 0 bridgehead atoms. The molecule has 0 N–H and O–H groups in total. The van der Waals surface area contributed by atoms with Crippen LogP contribution >= 0.6 is 11.8 Å². The molecule has 1 aromatic heterocycles. The maximum atomic E-state index is 10.5. The van der Waals surface area contributed by atoms with Gasteiger partial charge in [-0.3, -0.25) is 10.1 Å². The van der Waals surface area contributed by atoms with Gasteiger partial charge in [0.25, 0.3) is 5.69 Å². The molecule has 0 unspecified atom stereocenters. The van der Waals surface area contributed by atoms with Crippen LogP contribution in [0.5, 0.6) is 0 Å². The maximum absolute atomic E-state index is 10.5. The number of nitrogens with zero attached hydrogens (tertiary/aromatic N) is 2. The average molecular weight is 323 g/mol. The minimum absolute atomic E-state index is 0. The molecule has 6 heteroatoms. The lowest BCUT2D eigenvalue weighted by Gasteiger charge is -1.95. The third kappa shape index (κ3) is 5.21. The fraction of sp³-hybridized carbons (Fsp3) is 0.133. The molecule has 21 heavy (non-hydrogen) atoms. The topological polar surface area (TPSA) is 47.0 Å². The van der Waals surface area contributed by atoms with E-state index in [4.69, 9.17) is 0 Å². The van der Waals surface area contributed by atoms with E-state index in [0.29, 0.717) is 0 Å². The zero-order valence-corrected chi connectivity index (χ0v) is 13.1. The highest BCUT2D eigenvalue weighted by molar-refractivity contribution is 7.98. The predicted molar refractivity (Wildman–Crippen MR) is 80.5 cm³/mol. The first-order valence-corrected chi connectivity index (χ1v) is 7.35. The lowest BCUT2D eigenvalue weighted by atomic mass is 10.2. The Morgan fingerprint density at radius 1 is 1.19 bits per heavy atom. The highest BCUT2D eigenvalue weighted by atomic mass is 35.5. The van der Waals surface area contributed by atoms with Gasteiger partial charge in [-0.05, 0) is 30.0 Å². The van der Waals surface area contributed by atoms with Gasteiger partial charge in [0.05, 0.1) is 4.92 Å². The number of rotatable bonds is 5. The summed E-state index contributed by atoms with van der Waals surface area (Å²) >= 11 is 1.72. The summed E-state index contributed by atoms with van der Waals surface area (Å²) in [6.07, 6.45) is 10.1. The summed E-state index contributed by atoms with van der Waals surface area (Å²) in [6.45, 7) is 0.769. The Labute approximate surface area is 134 Å². The largest absolute Gasteiger partial charge is 1.00 e. The average Bonchev–Trinajstić information content (AvgIpc) is 2.48. The van der Waals surface area contributed by atoms with Crippen molar-refractivity contribution in [2.75, 3.05) is 6.26 Å². The summed E-state index contributed by atoms with van der Waals surface area (Å²) in [5.41, 5.74) is 1.07. The second kappa shape index (κ2) is 8.44. The zero-order valence-electron chi connectivity index (χ0n) is 11.5. The Balaban J connectivity index is 0.00000220. The minimum Gasteiger partial charge on any atom is -1.00 e. The third-order valence-corrected chi connectivity index (χ3v) is 3.57. The van der Waals surface area contributed by atoms with Crippen LogP contribution in [-0.4, -0.2) is 11.2 Å². The van der Waals surface area contributed by atoms with Crippen LogP contribution in [0.1, 0.15) is 5.56 Å². The van der Waals surface area contributed by atoms with E-state index in [1.165, 1.54) is 17.0 Å². The molecule has 0 atom stereocenters. The van der Waals surface area contributed by atoms with E-state index in [1.54, 1.807) is 23.9 Å². The van der Waals surface area contributed by atoms with Crippen LogP contribution in [-0.2, 0) is 6.54 Å². The van der Waals surface area contributed by atoms with E-state index in [-0.39, 0.29) is 18.1 Å². The van der Waals surface area contributed by atoms with Crippen LogP contribution in [0.3, 0.4) is 0 Å². The van der Waals surface area contributed by atoms with Crippen LogP contribution in [0.15, 0.2) is 59.8 Å². The van der Waals surface area contributed by atoms with Gasteiger partial charge in [-0.25, -0.2) is 4.57 Å². The van der Waals surface area contributed by atoms with E-state index < -0.39 is 4.92 Å². The van der Waals surface area contributed by atoms with Gasteiger partial charge in [0.2, 0.25) is 0 Å². The number of hydrogen-bond donors (Lipinski definition) is 0. The Kier molecular flexibility index (Phi) is 6.91. The maximum Gasteiger partial charge on any atom is 0.269 e. The molecule has 0 fully saturated rings. The number of benzene rings is 1. The van der Waals surface area contributed by atoms with Gasteiger partial charge < -0.3 is 12.4 Å². The highest BCUT2D eigenvalue weighted by Gasteiger charge is 2.02. The Hall–Kier alpha value is -1.85.